The number of para-hydroxylation sites is 3. The summed E-state index contributed by atoms with van der Waals surface area (Å²) in [6, 6.07) is 15.1. The molecule has 1 saturated heterocycles. The molecule has 0 radical (unpaired) electrons. The van der Waals surface area contributed by atoms with Crippen molar-refractivity contribution in [3.05, 3.63) is 54.1 Å². The van der Waals surface area contributed by atoms with E-state index in [4.69, 9.17) is 0 Å². The average molecular weight is 377 g/mol. The molecule has 0 bridgehead atoms. The van der Waals surface area contributed by atoms with Gasteiger partial charge in [-0.05, 0) is 43.0 Å². The number of carbonyl (C=O) groups is 3. The van der Waals surface area contributed by atoms with E-state index >= 15 is 0 Å². The number of nitrogens with zero attached hydrogens (tertiary/aromatic N) is 1. The highest BCUT2D eigenvalue weighted by molar-refractivity contribution is 6.02. The number of nitrogens with one attached hydrogen (secondary N) is 2. The molecule has 0 spiro atoms. The van der Waals surface area contributed by atoms with Gasteiger partial charge in [-0.3, -0.25) is 14.4 Å². The SMILES string of the molecule is O=C(CC[C@@H]1Cc2ccccc2NC1=O)Nc1ccccc1N1CCCC1=O. The molecule has 2 heterocycles. The van der Waals surface area contributed by atoms with Crippen LogP contribution in [0.3, 0.4) is 0 Å². The second-order valence-electron chi connectivity index (χ2n) is 7.30. The lowest BCUT2D eigenvalue weighted by atomic mass is 9.89. The van der Waals surface area contributed by atoms with Gasteiger partial charge in [0.05, 0.1) is 11.4 Å². The Morgan fingerprint density at radius 2 is 1.89 bits per heavy atom. The van der Waals surface area contributed by atoms with Gasteiger partial charge in [0.15, 0.2) is 0 Å². The van der Waals surface area contributed by atoms with Crippen LogP contribution in [0.25, 0.3) is 0 Å². The molecule has 0 saturated carbocycles. The molecule has 144 valence electrons. The number of amides is 3. The molecule has 1 fully saturated rings. The number of hydrogen-bond acceptors (Lipinski definition) is 3. The van der Waals surface area contributed by atoms with Gasteiger partial charge < -0.3 is 15.5 Å². The van der Waals surface area contributed by atoms with Crippen molar-refractivity contribution in [2.45, 2.75) is 32.1 Å². The maximum absolute atomic E-state index is 12.5. The van der Waals surface area contributed by atoms with E-state index in [0.717, 1.165) is 23.4 Å². The van der Waals surface area contributed by atoms with Crippen molar-refractivity contribution in [1.29, 1.82) is 0 Å². The summed E-state index contributed by atoms with van der Waals surface area (Å²) in [7, 11) is 0. The highest BCUT2D eigenvalue weighted by Gasteiger charge is 2.27. The van der Waals surface area contributed by atoms with Gasteiger partial charge in [0.1, 0.15) is 0 Å². The zero-order valence-corrected chi connectivity index (χ0v) is 15.6. The Kier molecular flexibility index (Phi) is 5.10. The van der Waals surface area contributed by atoms with Crippen molar-refractivity contribution in [2.75, 3.05) is 22.1 Å². The Balaban J connectivity index is 1.38. The van der Waals surface area contributed by atoms with Crippen molar-refractivity contribution < 1.29 is 14.4 Å². The van der Waals surface area contributed by atoms with E-state index in [9.17, 15) is 14.4 Å². The molecular formula is C22H23N3O3. The van der Waals surface area contributed by atoms with Crippen LogP contribution in [0.1, 0.15) is 31.2 Å². The summed E-state index contributed by atoms with van der Waals surface area (Å²) in [6.45, 7) is 0.674. The number of fused-ring (bicyclic) bond motifs is 1. The van der Waals surface area contributed by atoms with Crippen molar-refractivity contribution >= 4 is 34.8 Å². The number of rotatable bonds is 5. The van der Waals surface area contributed by atoms with Crippen LogP contribution in [-0.2, 0) is 20.8 Å². The minimum Gasteiger partial charge on any atom is -0.326 e. The Morgan fingerprint density at radius 3 is 2.71 bits per heavy atom. The lowest BCUT2D eigenvalue weighted by Crippen LogP contribution is -2.31. The summed E-state index contributed by atoms with van der Waals surface area (Å²) in [5.74, 6) is -0.310. The first-order valence-corrected chi connectivity index (χ1v) is 9.70. The molecule has 2 aromatic carbocycles. The zero-order chi connectivity index (χ0) is 19.5. The standard InChI is InChI=1S/C22H23N3O3/c26-20(12-11-16-14-15-6-1-2-7-17(15)24-22(16)28)23-18-8-3-4-9-19(18)25-13-5-10-21(25)27/h1-4,6-9,16H,5,10-14H2,(H,23,26)(H,24,28)/t16-/m1/s1. The molecule has 6 heteroatoms. The van der Waals surface area contributed by atoms with E-state index in [2.05, 4.69) is 10.6 Å². The number of anilines is 3. The Labute approximate surface area is 163 Å². The van der Waals surface area contributed by atoms with Crippen LogP contribution in [0.4, 0.5) is 17.1 Å². The largest absolute Gasteiger partial charge is 0.326 e. The van der Waals surface area contributed by atoms with Crippen molar-refractivity contribution in [3.63, 3.8) is 0 Å². The third-order valence-corrected chi connectivity index (χ3v) is 5.37. The Hall–Kier alpha value is -3.15. The Bertz CT molecular complexity index is 925. The molecule has 28 heavy (non-hydrogen) atoms. The maximum atomic E-state index is 12.5. The predicted molar refractivity (Wildman–Crippen MR) is 108 cm³/mol. The molecule has 0 aromatic heterocycles. The minimum absolute atomic E-state index is 0.0328. The third kappa shape index (κ3) is 3.76. The van der Waals surface area contributed by atoms with Gasteiger partial charge in [-0.15, -0.1) is 0 Å². The normalized spacial score (nSPS) is 18.6. The lowest BCUT2D eigenvalue weighted by molar-refractivity contribution is -0.121. The quantitative estimate of drug-likeness (QED) is 0.839. The molecule has 3 amide bonds. The highest BCUT2D eigenvalue weighted by Crippen LogP contribution is 2.30. The van der Waals surface area contributed by atoms with Crippen LogP contribution in [0.5, 0.6) is 0 Å². The number of hydrogen-bond donors (Lipinski definition) is 2. The molecule has 0 aliphatic carbocycles. The first kappa shape index (κ1) is 18.2. The fraction of sp³-hybridized carbons (Fsp3) is 0.318. The van der Waals surface area contributed by atoms with E-state index in [0.29, 0.717) is 31.5 Å². The van der Waals surface area contributed by atoms with Gasteiger partial charge in [0, 0.05) is 31.0 Å². The predicted octanol–water partition coefficient (Wildman–Crippen LogP) is 3.34. The van der Waals surface area contributed by atoms with Crippen LogP contribution in [0, 0.1) is 5.92 Å². The smallest absolute Gasteiger partial charge is 0.227 e. The second kappa shape index (κ2) is 7.84. The van der Waals surface area contributed by atoms with E-state index in [1.54, 1.807) is 4.90 Å². The maximum Gasteiger partial charge on any atom is 0.227 e. The van der Waals surface area contributed by atoms with Crippen molar-refractivity contribution in [3.8, 4) is 0 Å². The van der Waals surface area contributed by atoms with Gasteiger partial charge >= 0.3 is 0 Å². The topological polar surface area (TPSA) is 78.5 Å². The van der Waals surface area contributed by atoms with E-state index in [1.807, 2.05) is 48.5 Å². The van der Waals surface area contributed by atoms with E-state index in [1.165, 1.54) is 0 Å². The Morgan fingerprint density at radius 1 is 1.11 bits per heavy atom. The molecular weight excluding hydrogens is 354 g/mol. The van der Waals surface area contributed by atoms with Crippen molar-refractivity contribution in [2.24, 2.45) is 5.92 Å². The fourth-order valence-electron chi connectivity index (χ4n) is 3.88. The number of benzene rings is 2. The second-order valence-corrected chi connectivity index (χ2v) is 7.30. The summed E-state index contributed by atoms with van der Waals surface area (Å²) < 4.78 is 0. The van der Waals surface area contributed by atoms with E-state index < -0.39 is 0 Å². The zero-order valence-electron chi connectivity index (χ0n) is 15.6. The van der Waals surface area contributed by atoms with Gasteiger partial charge in [0.2, 0.25) is 17.7 Å². The average Bonchev–Trinajstić information content (AvgIpc) is 3.12. The summed E-state index contributed by atoms with van der Waals surface area (Å²) in [4.78, 5) is 38.6. The molecule has 0 unspecified atom stereocenters. The first-order chi connectivity index (χ1) is 13.6. The van der Waals surface area contributed by atoms with Crippen LogP contribution in [0.2, 0.25) is 0 Å². The van der Waals surface area contributed by atoms with Gasteiger partial charge in [-0.1, -0.05) is 30.3 Å². The molecule has 4 rings (SSSR count). The summed E-state index contributed by atoms with van der Waals surface area (Å²) in [5, 5.41) is 5.84. The molecule has 2 aliphatic heterocycles. The van der Waals surface area contributed by atoms with Gasteiger partial charge in [-0.2, -0.15) is 0 Å². The summed E-state index contributed by atoms with van der Waals surface area (Å²) >= 11 is 0. The molecule has 2 N–H and O–H groups in total. The number of carbonyl (C=O) groups excluding carboxylic acids is 3. The van der Waals surface area contributed by atoms with Crippen LogP contribution < -0.4 is 15.5 Å². The molecule has 2 aliphatic rings. The first-order valence-electron chi connectivity index (χ1n) is 9.70. The fourth-order valence-corrected chi connectivity index (χ4v) is 3.88. The van der Waals surface area contributed by atoms with Crippen molar-refractivity contribution in [1.82, 2.24) is 0 Å². The van der Waals surface area contributed by atoms with E-state index in [-0.39, 0.29) is 30.1 Å². The minimum atomic E-state index is -0.212. The molecule has 1 atom stereocenters. The lowest BCUT2D eigenvalue weighted by Gasteiger charge is -2.24. The van der Waals surface area contributed by atoms with Crippen LogP contribution >= 0.6 is 0 Å². The third-order valence-electron chi connectivity index (χ3n) is 5.37. The van der Waals surface area contributed by atoms with Crippen LogP contribution in [-0.4, -0.2) is 24.3 Å². The van der Waals surface area contributed by atoms with Gasteiger partial charge in [0.25, 0.3) is 0 Å². The highest BCUT2D eigenvalue weighted by atomic mass is 16.2. The summed E-state index contributed by atoms with van der Waals surface area (Å²) in [5.41, 5.74) is 3.34. The molecule has 2 aromatic rings. The van der Waals surface area contributed by atoms with Gasteiger partial charge in [-0.25, -0.2) is 0 Å². The summed E-state index contributed by atoms with van der Waals surface area (Å²) in [6.07, 6.45) is 2.76. The monoisotopic (exact) mass is 377 g/mol. The molecule has 6 nitrogen and oxygen atoms in total. The van der Waals surface area contributed by atoms with Crippen LogP contribution in [0.15, 0.2) is 48.5 Å².